The molecule has 0 aliphatic rings. The Hall–Kier alpha value is -1.89. The van der Waals surface area contributed by atoms with E-state index in [4.69, 9.17) is 5.26 Å². The number of carbonyl (C=O) groups excluding carboxylic acids is 1. The summed E-state index contributed by atoms with van der Waals surface area (Å²) >= 11 is 0. The molecule has 1 heterocycles. The highest BCUT2D eigenvalue weighted by molar-refractivity contribution is 5.77. The van der Waals surface area contributed by atoms with Crippen molar-refractivity contribution in [2.75, 3.05) is 7.05 Å². The van der Waals surface area contributed by atoms with E-state index in [0.717, 1.165) is 5.56 Å². The van der Waals surface area contributed by atoms with Crippen LogP contribution < -0.4 is 0 Å². The van der Waals surface area contributed by atoms with Crippen molar-refractivity contribution in [3.63, 3.8) is 0 Å². The van der Waals surface area contributed by atoms with Crippen molar-refractivity contribution < 1.29 is 4.79 Å². The predicted molar refractivity (Wildman–Crippen MR) is 64.8 cm³/mol. The van der Waals surface area contributed by atoms with E-state index < -0.39 is 6.04 Å². The lowest BCUT2D eigenvalue weighted by Crippen LogP contribution is -2.31. The van der Waals surface area contributed by atoms with E-state index in [2.05, 4.69) is 11.1 Å². The summed E-state index contributed by atoms with van der Waals surface area (Å²) in [5.74, 6) is 0.282. The number of carbonyl (C=O) groups is 1. The van der Waals surface area contributed by atoms with E-state index in [9.17, 15) is 4.79 Å². The lowest BCUT2D eigenvalue weighted by molar-refractivity contribution is -0.131. The van der Waals surface area contributed by atoms with E-state index in [1.54, 1.807) is 31.6 Å². The largest absolute Gasteiger partial charge is 0.326 e. The van der Waals surface area contributed by atoms with Gasteiger partial charge in [0.2, 0.25) is 5.91 Å². The molecule has 1 amide bonds. The molecule has 4 heteroatoms. The van der Waals surface area contributed by atoms with Crippen LogP contribution in [0.3, 0.4) is 0 Å². The minimum absolute atomic E-state index is 0.0108. The lowest BCUT2D eigenvalue weighted by atomic mass is 10.1. The summed E-state index contributed by atoms with van der Waals surface area (Å²) in [6.45, 7) is 3.97. The molecule has 1 aromatic rings. The average Bonchev–Trinajstić information content (AvgIpc) is 2.30. The number of hydrogen-bond donors (Lipinski definition) is 0. The second-order valence-corrected chi connectivity index (χ2v) is 4.41. The average molecular weight is 231 g/mol. The van der Waals surface area contributed by atoms with Crippen LogP contribution in [0.2, 0.25) is 0 Å². The van der Waals surface area contributed by atoms with Crippen molar-refractivity contribution in [1.82, 2.24) is 9.88 Å². The zero-order valence-electron chi connectivity index (χ0n) is 10.4. The van der Waals surface area contributed by atoms with Gasteiger partial charge in [0, 0.05) is 25.9 Å². The van der Waals surface area contributed by atoms with E-state index in [1.807, 2.05) is 13.8 Å². The molecule has 0 saturated carbocycles. The summed E-state index contributed by atoms with van der Waals surface area (Å²) < 4.78 is 0. The van der Waals surface area contributed by atoms with Crippen molar-refractivity contribution in [2.45, 2.75) is 26.3 Å². The number of amides is 1. The fourth-order valence-electron chi connectivity index (χ4n) is 1.57. The van der Waals surface area contributed by atoms with Crippen LogP contribution in [-0.4, -0.2) is 22.8 Å². The number of nitrogens with zero attached hydrogens (tertiary/aromatic N) is 3. The van der Waals surface area contributed by atoms with Gasteiger partial charge in [-0.25, -0.2) is 0 Å². The van der Waals surface area contributed by atoms with Gasteiger partial charge in [0.15, 0.2) is 0 Å². The molecule has 1 atom stereocenters. The Morgan fingerprint density at radius 3 is 2.53 bits per heavy atom. The van der Waals surface area contributed by atoms with Gasteiger partial charge in [0.1, 0.15) is 6.04 Å². The van der Waals surface area contributed by atoms with Crippen LogP contribution in [0.25, 0.3) is 0 Å². The Bertz CT molecular complexity index is 408. The maximum atomic E-state index is 11.9. The summed E-state index contributed by atoms with van der Waals surface area (Å²) in [4.78, 5) is 17.3. The van der Waals surface area contributed by atoms with Crippen LogP contribution in [0.1, 0.15) is 31.9 Å². The van der Waals surface area contributed by atoms with Crippen LogP contribution in [0.4, 0.5) is 0 Å². The molecule has 0 spiro atoms. The number of hydrogen-bond acceptors (Lipinski definition) is 3. The lowest BCUT2D eigenvalue weighted by Gasteiger charge is -2.23. The van der Waals surface area contributed by atoms with Gasteiger partial charge < -0.3 is 4.90 Å². The third-order valence-electron chi connectivity index (χ3n) is 2.51. The highest BCUT2D eigenvalue weighted by Crippen LogP contribution is 2.19. The monoisotopic (exact) mass is 231 g/mol. The van der Waals surface area contributed by atoms with Gasteiger partial charge in [-0.15, -0.1) is 0 Å². The Balaban J connectivity index is 2.82. The molecule has 4 nitrogen and oxygen atoms in total. The minimum Gasteiger partial charge on any atom is -0.326 e. The number of rotatable bonds is 4. The maximum Gasteiger partial charge on any atom is 0.223 e. The Kier molecular flexibility index (Phi) is 4.65. The molecule has 90 valence electrons. The predicted octanol–water partition coefficient (Wildman–Crippen LogP) is 2.15. The molecule has 0 fully saturated rings. The molecule has 0 bridgehead atoms. The topological polar surface area (TPSA) is 57.0 Å². The molecule has 17 heavy (non-hydrogen) atoms. The van der Waals surface area contributed by atoms with Gasteiger partial charge in [-0.3, -0.25) is 9.78 Å². The standard InChI is InChI=1S/C13H17N3O/c1-10(2)8-13(17)16(3)12(9-14)11-4-6-15-7-5-11/h4-7,10,12H,8H2,1-3H3. The van der Waals surface area contributed by atoms with Crippen LogP contribution in [-0.2, 0) is 4.79 Å². The van der Waals surface area contributed by atoms with Gasteiger partial charge in [0.25, 0.3) is 0 Å². The number of pyridine rings is 1. The van der Waals surface area contributed by atoms with Gasteiger partial charge in [-0.05, 0) is 23.6 Å². The molecule has 1 rings (SSSR count). The SMILES string of the molecule is CC(C)CC(=O)N(C)C(C#N)c1ccncc1. The van der Waals surface area contributed by atoms with Crippen LogP contribution >= 0.6 is 0 Å². The first-order chi connectivity index (χ1) is 8.06. The maximum absolute atomic E-state index is 11.9. The minimum atomic E-state index is -0.538. The van der Waals surface area contributed by atoms with Gasteiger partial charge in [-0.1, -0.05) is 13.8 Å². The summed E-state index contributed by atoms with van der Waals surface area (Å²) in [5.41, 5.74) is 0.794. The summed E-state index contributed by atoms with van der Waals surface area (Å²) in [6, 6.07) is 5.13. The summed E-state index contributed by atoms with van der Waals surface area (Å²) in [6.07, 6.45) is 3.71. The molecular formula is C13H17N3O. The first-order valence-corrected chi connectivity index (χ1v) is 5.61. The smallest absolute Gasteiger partial charge is 0.223 e. The van der Waals surface area contributed by atoms with E-state index in [0.29, 0.717) is 12.3 Å². The molecule has 0 radical (unpaired) electrons. The molecule has 1 unspecified atom stereocenters. The quantitative estimate of drug-likeness (QED) is 0.797. The van der Waals surface area contributed by atoms with Crippen LogP contribution in [0.5, 0.6) is 0 Å². The first kappa shape index (κ1) is 13.2. The van der Waals surface area contributed by atoms with Gasteiger partial charge in [-0.2, -0.15) is 5.26 Å². The number of aromatic nitrogens is 1. The molecule has 0 aromatic carbocycles. The van der Waals surface area contributed by atoms with Crippen molar-refractivity contribution in [1.29, 1.82) is 5.26 Å². The van der Waals surface area contributed by atoms with Crippen LogP contribution in [0, 0.1) is 17.2 Å². The molecule has 1 aromatic heterocycles. The third kappa shape index (κ3) is 3.56. The second kappa shape index (κ2) is 6.00. The highest BCUT2D eigenvalue weighted by atomic mass is 16.2. The van der Waals surface area contributed by atoms with Crippen molar-refractivity contribution in [2.24, 2.45) is 5.92 Å². The van der Waals surface area contributed by atoms with Crippen LogP contribution in [0.15, 0.2) is 24.5 Å². The zero-order chi connectivity index (χ0) is 12.8. The van der Waals surface area contributed by atoms with Gasteiger partial charge in [0.05, 0.1) is 6.07 Å². The number of nitriles is 1. The normalized spacial score (nSPS) is 11.9. The van der Waals surface area contributed by atoms with Crippen molar-refractivity contribution in [3.05, 3.63) is 30.1 Å². The van der Waals surface area contributed by atoms with E-state index in [1.165, 1.54) is 4.90 Å². The fourth-order valence-corrected chi connectivity index (χ4v) is 1.57. The van der Waals surface area contributed by atoms with E-state index in [-0.39, 0.29) is 5.91 Å². The summed E-state index contributed by atoms with van der Waals surface area (Å²) in [7, 11) is 1.67. The van der Waals surface area contributed by atoms with Gasteiger partial charge >= 0.3 is 0 Å². The Morgan fingerprint density at radius 1 is 1.47 bits per heavy atom. The second-order valence-electron chi connectivity index (χ2n) is 4.41. The Morgan fingerprint density at radius 2 is 2.06 bits per heavy atom. The Labute approximate surface area is 102 Å². The van der Waals surface area contributed by atoms with Crippen molar-refractivity contribution >= 4 is 5.91 Å². The fraction of sp³-hybridized carbons (Fsp3) is 0.462. The third-order valence-corrected chi connectivity index (χ3v) is 2.51. The van der Waals surface area contributed by atoms with E-state index >= 15 is 0 Å². The molecular weight excluding hydrogens is 214 g/mol. The van der Waals surface area contributed by atoms with Crippen molar-refractivity contribution in [3.8, 4) is 6.07 Å². The highest BCUT2D eigenvalue weighted by Gasteiger charge is 2.21. The zero-order valence-corrected chi connectivity index (χ0v) is 10.4. The first-order valence-electron chi connectivity index (χ1n) is 5.61. The molecule has 0 aliphatic carbocycles. The summed E-state index contributed by atoms with van der Waals surface area (Å²) in [5, 5.41) is 9.17. The molecule has 0 aliphatic heterocycles. The molecule has 0 N–H and O–H groups in total. The molecule has 0 saturated heterocycles.